The zero-order valence-electron chi connectivity index (χ0n) is 9.32. The van der Waals surface area contributed by atoms with Crippen molar-refractivity contribution >= 4 is 5.97 Å². The highest BCUT2D eigenvalue weighted by Gasteiger charge is 2.16. The van der Waals surface area contributed by atoms with Gasteiger partial charge in [-0.3, -0.25) is 0 Å². The molecule has 1 aromatic heterocycles. The lowest BCUT2D eigenvalue weighted by molar-refractivity contribution is 0.0562. The Morgan fingerprint density at radius 1 is 1.53 bits per heavy atom. The van der Waals surface area contributed by atoms with Gasteiger partial charge in [0.2, 0.25) is 5.76 Å². The highest BCUT2D eigenvalue weighted by molar-refractivity contribution is 5.86. The normalized spacial score (nSPS) is 12.9. The van der Waals surface area contributed by atoms with Gasteiger partial charge < -0.3 is 14.9 Å². The van der Waals surface area contributed by atoms with Crippen molar-refractivity contribution in [1.29, 1.82) is 0 Å². The van der Waals surface area contributed by atoms with Crippen LogP contribution in [0.15, 0.2) is 16.5 Å². The fourth-order valence-corrected chi connectivity index (χ4v) is 1.39. The number of ether oxygens (including phenoxy) is 1. The van der Waals surface area contributed by atoms with E-state index in [9.17, 15) is 4.79 Å². The second-order valence-corrected chi connectivity index (χ2v) is 3.93. The summed E-state index contributed by atoms with van der Waals surface area (Å²) < 4.78 is 9.84. The second-order valence-electron chi connectivity index (χ2n) is 3.93. The first-order valence-corrected chi connectivity index (χ1v) is 4.98. The van der Waals surface area contributed by atoms with Gasteiger partial charge in [0.25, 0.3) is 0 Å². The third kappa shape index (κ3) is 3.09. The molecule has 4 nitrogen and oxygen atoms in total. The molecule has 0 saturated carbocycles. The Balaban J connectivity index is 2.71. The molecule has 0 fully saturated rings. The zero-order valence-corrected chi connectivity index (χ0v) is 9.32. The topological polar surface area (TPSA) is 65.5 Å². The van der Waals surface area contributed by atoms with Crippen molar-refractivity contribution in [3.8, 4) is 0 Å². The van der Waals surface area contributed by atoms with Crippen LogP contribution in [0.1, 0.15) is 42.6 Å². The molecule has 1 atom stereocenters. The summed E-state index contributed by atoms with van der Waals surface area (Å²) in [5.74, 6) is 0.848. The van der Waals surface area contributed by atoms with E-state index in [-0.39, 0.29) is 11.8 Å². The molecule has 0 amide bonds. The maximum Gasteiger partial charge on any atom is 0.373 e. The van der Waals surface area contributed by atoms with Gasteiger partial charge in [0.15, 0.2) is 0 Å². The van der Waals surface area contributed by atoms with E-state index in [1.165, 1.54) is 7.11 Å². The molecule has 1 unspecified atom stereocenters. The Kier molecular flexibility index (Phi) is 3.91. The highest BCUT2D eigenvalue weighted by Crippen LogP contribution is 2.21. The van der Waals surface area contributed by atoms with Crippen LogP contribution in [0, 0.1) is 5.92 Å². The minimum absolute atomic E-state index is 0.164. The van der Waals surface area contributed by atoms with E-state index in [0.717, 1.165) is 6.42 Å². The van der Waals surface area contributed by atoms with E-state index in [1.54, 1.807) is 12.1 Å². The number of nitrogens with two attached hydrogens (primary N) is 1. The summed E-state index contributed by atoms with van der Waals surface area (Å²) in [5.41, 5.74) is 5.90. The zero-order chi connectivity index (χ0) is 11.4. The lowest BCUT2D eigenvalue weighted by Gasteiger charge is -2.10. The molecule has 0 aliphatic rings. The molecular weight excluding hydrogens is 194 g/mol. The average Bonchev–Trinajstić information content (AvgIpc) is 2.64. The number of hydrogen-bond acceptors (Lipinski definition) is 4. The maximum atomic E-state index is 11.1. The summed E-state index contributed by atoms with van der Waals surface area (Å²) in [6.07, 6.45) is 0.828. The smallest absolute Gasteiger partial charge is 0.373 e. The molecule has 2 N–H and O–H groups in total. The quantitative estimate of drug-likeness (QED) is 0.774. The summed E-state index contributed by atoms with van der Waals surface area (Å²) in [6, 6.07) is 3.14. The Bertz CT molecular complexity index is 330. The van der Waals surface area contributed by atoms with E-state index in [4.69, 9.17) is 10.2 Å². The van der Waals surface area contributed by atoms with Crippen LogP contribution in [0.2, 0.25) is 0 Å². The molecular formula is C11H17NO3. The molecule has 0 radical (unpaired) electrons. The van der Waals surface area contributed by atoms with Gasteiger partial charge in [0, 0.05) is 0 Å². The number of rotatable bonds is 4. The molecule has 0 bridgehead atoms. The molecule has 1 heterocycles. The molecule has 15 heavy (non-hydrogen) atoms. The second kappa shape index (κ2) is 4.98. The maximum absolute atomic E-state index is 11.1. The lowest BCUT2D eigenvalue weighted by atomic mass is 10.0. The van der Waals surface area contributed by atoms with Gasteiger partial charge in [-0.1, -0.05) is 13.8 Å². The Morgan fingerprint density at radius 3 is 2.73 bits per heavy atom. The Labute approximate surface area is 89.4 Å². The van der Waals surface area contributed by atoms with Crippen molar-refractivity contribution in [2.45, 2.75) is 26.3 Å². The van der Waals surface area contributed by atoms with Crippen LogP contribution in [0.5, 0.6) is 0 Å². The first kappa shape index (κ1) is 11.8. The summed E-state index contributed by atoms with van der Waals surface area (Å²) in [4.78, 5) is 11.1. The molecule has 0 aliphatic heterocycles. The SMILES string of the molecule is COC(=O)c1ccc(C(N)CC(C)C)o1. The van der Waals surface area contributed by atoms with Crippen molar-refractivity contribution in [3.63, 3.8) is 0 Å². The van der Waals surface area contributed by atoms with E-state index >= 15 is 0 Å². The van der Waals surface area contributed by atoms with Crippen LogP contribution in [0.4, 0.5) is 0 Å². The third-order valence-corrected chi connectivity index (χ3v) is 2.10. The number of methoxy groups -OCH3 is 1. The number of furan rings is 1. The van der Waals surface area contributed by atoms with Crippen molar-refractivity contribution in [2.75, 3.05) is 7.11 Å². The molecule has 0 aliphatic carbocycles. The third-order valence-electron chi connectivity index (χ3n) is 2.10. The number of carbonyl (C=O) groups is 1. The molecule has 0 saturated heterocycles. The van der Waals surface area contributed by atoms with Crippen molar-refractivity contribution < 1.29 is 13.9 Å². The summed E-state index contributed by atoms with van der Waals surface area (Å²) in [6.45, 7) is 4.17. The van der Waals surface area contributed by atoms with Crippen molar-refractivity contribution in [1.82, 2.24) is 0 Å². The van der Waals surface area contributed by atoms with Gasteiger partial charge in [0.05, 0.1) is 13.2 Å². The van der Waals surface area contributed by atoms with Crippen LogP contribution >= 0.6 is 0 Å². The number of carbonyl (C=O) groups excluding carboxylic acids is 1. The van der Waals surface area contributed by atoms with Crippen molar-refractivity contribution in [3.05, 3.63) is 23.7 Å². The molecule has 0 spiro atoms. The van der Waals surface area contributed by atoms with Gasteiger partial charge in [-0.15, -0.1) is 0 Å². The largest absolute Gasteiger partial charge is 0.463 e. The summed E-state index contributed by atoms with van der Waals surface area (Å²) in [5, 5.41) is 0. The number of hydrogen-bond donors (Lipinski definition) is 1. The van der Waals surface area contributed by atoms with Gasteiger partial charge in [0.1, 0.15) is 5.76 Å². The molecule has 0 aromatic carbocycles. The van der Waals surface area contributed by atoms with E-state index in [2.05, 4.69) is 18.6 Å². The van der Waals surface area contributed by atoms with E-state index < -0.39 is 5.97 Å². The first-order valence-electron chi connectivity index (χ1n) is 4.98. The van der Waals surface area contributed by atoms with Crippen LogP contribution < -0.4 is 5.73 Å². The highest BCUT2D eigenvalue weighted by atomic mass is 16.5. The Morgan fingerprint density at radius 2 is 2.20 bits per heavy atom. The van der Waals surface area contributed by atoms with Gasteiger partial charge in [-0.25, -0.2) is 4.79 Å². The van der Waals surface area contributed by atoms with Crippen LogP contribution in [-0.2, 0) is 4.74 Å². The van der Waals surface area contributed by atoms with Gasteiger partial charge >= 0.3 is 5.97 Å². The monoisotopic (exact) mass is 211 g/mol. The fourth-order valence-electron chi connectivity index (χ4n) is 1.39. The Hall–Kier alpha value is -1.29. The first-order chi connectivity index (χ1) is 7.04. The summed E-state index contributed by atoms with van der Waals surface area (Å²) >= 11 is 0. The lowest BCUT2D eigenvalue weighted by Crippen LogP contribution is -2.12. The minimum atomic E-state index is -0.474. The van der Waals surface area contributed by atoms with Crippen LogP contribution in [0.25, 0.3) is 0 Å². The minimum Gasteiger partial charge on any atom is -0.463 e. The molecule has 84 valence electrons. The molecule has 4 heteroatoms. The van der Waals surface area contributed by atoms with E-state index in [0.29, 0.717) is 11.7 Å². The predicted octanol–water partition coefficient (Wildman–Crippen LogP) is 2.11. The summed E-state index contributed by atoms with van der Waals surface area (Å²) in [7, 11) is 1.32. The average molecular weight is 211 g/mol. The molecule has 1 aromatic rings. The van der Waals surface area contributed by atoms with Crippen LogP contribution in [-0.4, -0.2) is 13.1 Å². The fraction of sp³-hybridized carbons (Fsp3) is 0.545. The predicted molar refractivity (Wildman–Crippen MR) is 56.4 cm³/mol. The van der Waals surface area contributed by atoms with Gasteiger partial charge in [-0.2, -0.15) is 0 Å². The van der Waals surface area contributed by atoms with Gasteiger partial charge in [-0.05, 0) is 24.5 Å². The standard InChI is InChI=1S/C11H17NO3/c1-7(2)6-8(12)9-4-5-10(15-9)11(13)14-3/h4-5,7-8H,6,12H2,1-3H3. The van der Waals surface area contributed by atoms with Crippen LogP contribution in [0.3, 0.4) is 0 Å². The van der Waals surface area contributed by atoms with E-state index in [1.807, 2.05) is 0 Å². The molecule has 1 rings (SSSR count). The number of esters is 1. The van der Waals surface area contributed by atoms with Crippen molar-refractivity contribution in [2.24, 2.45) is 11.7 Å².